The number of hydrogen-bond donors (Lipinski definition) is 0. The number of aromatic nitrogens is 2. The van der Waals surface area contributed by atoms with Crippen molar-refractivity contribution in [1.29, 1.82) is 0 Å². The fourth-order valence-electron chi connectivity index (χ4n) is 2.13. The van der Waals surface area contributed by atoms with Crippen LogP contribution in [0.2, 0.25) is 0 Å². The molecule has 2 aromatic rings. The van der Waals surface area contributed by atoms with Crippen LogP contribution in [0.5, 0.6) is 0 Å². The summed E-state index contributed by atoms with van der Waals surface area (Å²) in [6, 6.07) is 10.2. The van der Waals surface area contributed by atoms with Gasteiger partial charge in [0.05, 0.1) is 17.9 Å². The molecule has 0 aliphatic heterocycles. The molecule has 1 heterocycles. The highest BCUT2D eigenvalue weighted by atomic mass is 16.5. The summed E-state index contributed by atoms with van der Waals surface area (Å²) in [7, 11) is 0. The standard InChI is InChI=1S/C17H20N2O2/c1-3-15-14(17(20)21-4-2)12-18-16(19-15)11-10-13-8-6-5-7-9-13/h5-9,12H,3-4,10-11H2,1-2H3. The Labute approximate surface area is 125 Å². The van der Waals surface area contributed by atoms with Gasteiger partial charge in [-0.2, -0.15) is 0 Å². The number of hydrogen-bond acceptors (Lipinski definition) is 4. The van der Waals surface area contributed by atoms with E-state index in [0.717, 1.165) is 24.4 Å². The summed E-state index contributed by atoms with van der Waals surface area (Å²) in [5.41, 5.74) is 2.49. The first-order valence-electron chi connectivity index (χ1n) is 7.30. The van der Waals surface area contributed by atoms with Crippen LogP contribution in [-0.4, -0.2) is 22.5 Å². The van der Waals surface area contributed by atoms with Crippen LogP contribution in [-0.2, 0) is 24.0 Å². The van der Waals surface area contributed by atoms with E-state index in [0.29, 0.717) is 18.6 Å². The molecule has 0 spiro atoms. The van der Waals surface area contributed by atoms with Gasteiger partial charge in [0.15, 0.2) is 0 Å². The van der Waals surface area contributed by atoms with Crippen molar-refractivity contribution in [2.45, 2.75) is 33.1 Å². The zero-order chi connectivity index (χ0) is 15.1. The van der Waals surface area contributed by atoms with E-state index >= 15 is 0 Å². The maximum absolute atomic E-state index is 11.8. The van der Waals surface area contributed by atoms with Gasteiger partial charge in [-0.05, 0) is 25.3 Å². The van der Waals surface area contributed by atoms with E-state index in [-0.39, 0.29) is 5.97 Å². The highest BCUT2D eigenvalue weighted by Crippen LogP contribution is 2.10. The number of carbonyl (C=O) groups excluding carboxylic acids is 1. The minimum absolute atomic E-state index is 0.344. The molecule has 0 N–H and O–H groups in total. The van der Waals surface area contributed by atoms with E-state index in [9.17, 15) is 4.79 Å². The lowest BCUT2D eigenvalue weighted by molar-refractivity contribution is 0.0524. The molecule has 0 atom stereocenters. The molecule has 0 aliphatic rings. The summed E-state index contributed by atoms with van der Waals surface area (Å²) in [6.45, 7) is 4.13. The van der Waals surface area contributed by atoms with Crippen LogP contribution in [0.3, 0.4) is 0 Å². The molecule has 0 aliphatic carbocycles. The fourth-order valence-corrected chi connectivity index (χ4v) is 2.13. The van der Waals surface area contributed by atoms with Crippen LogP contribution in [0.4, 0.5) is 0 Å². The maximum Gasteiger partial charge on any atom is 0.341 e. The number of rotatable bonds is 6. The van der Waals surface area contributed by atoms with Crippen LogP contribution in [0.15, 0.2) is 36.5 Å². The van der Waals surface area contributed by atoms with E-state index in [1.165, 1.54) is 5.56 Å². The van der Waals surface area contributed by atoms with Crippen LogP contribution in [0.1, 0.15) is 41.3 Å². The Bertz CT molecular complexity index is 597. The van der Waals surface area contributed by atoms with E-state index in [1.807, 2.05) is 25.1 Å². The Kier molecular flexibility index (Phi) is 5.43. The van der Waals surface area contributed by atoms with Gasteiger partial charge in [0.25, 0.3) is 0 Å². The number of aryl methyl sites for hydroxylation is 3. The van der Waals surface area contributed by atoms with Crippen LogP contribution in [0, 0.1) is 0 Å². The van der Waals surface area contributed by atoms with Crippen molar-refractivity contribution in [3.05, 3.63) is 59.2 Å². The number of benzene rings is 1. The monoisotopic (exact) mass is 284 g/mol. The predicted molar refractivity (Wildman–Crippen MR) is 81.2 cm³/mol. The lowest BCUT2D eigenvalue weighted by Gasteiger charge is -2.08. The molecule has 2 rings (SSSR count). The molecule has 0 fully saturated rings. The lowest BCUT2D eigenvalue weighted by atomic mass is 10.1. The first-order chi connectivity index (χ1) is 10.2. The van der Waals surface area contributed by atoms with Crippen molar-refractivity contribution < 1.29 is 9.53 Å². The third-order valence-corrected chi connectivity index (χ3v) is 3.23. The van der Waals surface area contributed by atoms with Crippen molar-refractivity contribution in [3.63, 3.8) is 0 Å². The summed E-state index contributed by atoms with van der Waals surface area (Å²) >= 11 is 0. The maximum atomic E-state index is 11.8. The lowest BCUT2D eigenvalue weighted by Crippen LogP contribution is -2.12. The largest absolute Gasteiger partial charge is 0.462 e. The summed E-state index contributed by atoms with van der Waals surface area (Å²) in [5.74, 6) is 0.424. The molecule has 0 radical (unpaired) electrons. The summed E-state index contributed by atoms with van der Waals surface area (Å²) in [5, 5.41) is 0. The highest BCUT2D eigenvalue weighted by Gasteiger charge is 2.14. The number of esters is 1. The molecule has 0 amide bonds. The van der Waals surface area contributed by atoms with Gasteiger partial charge in [0.1, 0.15) is 5.82 Å². The molecule has 0 bridgehead atoms. The number of nitrogens with zero attached hydrogens (tertiary/aromatic N) is 2. The molecular weight excluding hydrogens is 264 g/mol. The number of carbonyl (C=O) groups is 1. The molecule has 1 aromatic heterocycles. The Morgan fingerprint density at radius 2 is 1.90 bits per heavy atom. The molecule has 21 heavy (non-hydrogen) atoms. The van der Waals surface area contributed by atoms with Crippen molar-refractivity contribution in [2.75, 3.05) is 6.61 Å². The minimum Gasteiger partial charge on any atom is -0.462 e. The molecule has 4 heteroatoms. The highest BCUT2D eigenvalue weighted by molar-refractivity contribution is 5.90. The molecule has 110 valence electrons. The quantitative estimate of drug-likeness (QED) is 0.765. The number of ether oxygens (including phenoxy) is 1. The van der Waals surface area contributed by atoms with E-state index < -0.39 is 0 Å². The van der Waals surface area contributed by atoms with Gasteiger partial charge >= 0.3 is 5.97 Å². The van der Waals surface area contributed by atoms with Crippen molar-refractivity contribution in [2.24, 2.45) is 0 Å². The van der Waals surface area contributed by atoms with Gasteiger partial charge in [-0.3, -0.25) is 0 Å². The van der Waals surface area contributed by atoms with Crippen LogP contribution >= 0.6 is 0 Å². The van der Waals surface area contributed by atoms with E-state index in [4.69, 9.17) is 4.74 Å². The Morgan fingerprint density at radius 1 is 1.14 bits per heavy atom. The van der Waals surface area contributed by atoms with Gasteiger partial charge in [-0.15, -0.1) is 0 Å². The molecule has 0 unspecified atom stereocenters. The third kappa shape index (κ3) is 4.12. The summed E-state index contributed by atoms with van der Waals surface area (Å²) in [4.78, 5) is 20.6. The second-order valence-electron chi connectivity index (χ2n) is 4.71. The Morgan fingerprint density at radius 3 is 2.57 bits per heavy atom. The van der Waals surface area contributed by atoms with E-state index in [2.05, 4.69) is 22.1 Å². The Balaban J connectivity index is 2.10. The minimum atomic E-state index is -0.344. The van der Waals surface area contributed by atoms with Gasteiger partial charge in [-0.25, -0.2) is 14.8 Å². The smallest absolute Gasteiger partial charge is 0.341 e. The van der Waals surface area contributed by atoms with Crippen molar-refractivity contribution in [3.8, 4) is 0 Å². The second-order valence-corrected chi connectivity index (χ2v) is 4.71. The zero-order valence-electron chi connectivity index (χ0n) is 12.5. The van der Waals surface area contributed by atoms with Crippen molar-refractivity contribution >= 4 is 5.97 Å². The predicted octanol–water partition coefficient (Wildman–Crippen LogP) is 3.00. The molecule has 0 saturated carbocycles. The Hall–Kier alpha value is -2.23. The van der Waals surface area contributed by atoms with Crippen molar-refractivity contribution in [1.82, 2.24) is 9.97 Å². The van der Waals surface area contributed by atoms with Crippen LogP contribution in [0.25, 0.3) is 0 Å². The molecule has 4 nitrogen and oxygen atoms in total. The summed E-state index contributed by atoms with van der Waals surface area (Å²) in [6.07, 6.45) is 3.93. The molecule has 1 aromatic carbocycles. The fraction of sp³-hybridized carbons (Fsp3) is 0.353. The van der Waals surface area contributed by atoms with Gasteiger partial charge < -0.3 is 4.74 Å². The topological polar surface area (TPSA) is 52.1 Å². The van der Waals surface area contributed by atoms with Crippen LogP contribution < -0.4 is 0 Å². The van der Waals surface area contributed by atoms with Gasteiger partial charge in [0.2, 0.25) is 0 Å². The first-order valence-corrected chi connectivity index (χ1v) is 7.30. The van der Waals surface area contributed by atoms with Gasteiger partial charge in [-0.1, -0.05) is 37.3 Å². The normalized spacial score (nSPS) is 10.4. The average Bonchev–Trinajstić information content (AvgIpc) is 2.53. The second kappa shape index (κ2) is 7.53. The first kappa shape index (κ1) is 15.2. The van der Waals surface area contributed by atoms with Gasteiger partial charge in [0, 0.05) is 12.6 Å². The average molecular weight is 284 g/mol. The zero-order valence-corrected chi connectivity index (χ0v) is 12.5. The van der Waals surface area contributed by atoms with E-state index in [1.54, 1.807) is 13.1 Å². The summed E-state index contributed by atoms with van der Waals surface area (Å²) < 4.78 is 5.02. The third-order valence-electron chi connectivity index (χ3n) is 3.23. The SMILES string of the molecule is CCOC(=O)c1cnc(CCc2ccccc2)nc1CC. The molecular formula is C17H20N2O2. The molecule has 0 saturated heterocycles.